The standard InChI is InChI=1S/C28H17N9O16S2.2Na/c38-23-10-17(55(51,52)53)6-12-5-16(54(48,49)50)9-18(24(12)23)30-34-25-27(40)20(31-29-13-1-3-14(4-2-13)35(42)43)11-21(28(25)41)33-32-19-7-15(36(44)45)8-22(26(19)39)37(46)47;;/h1-11,38-41H,(H,48,49,50)(H,51,52,53);;/q;2*+1/p-2. The zero-order chi connectivity index (χ0) is 40.6. The summed E-state index contributed by atoms with van der Waals surface area (Å²) in [5, 5.41) is 97.8. The molecular formula is C28H15N9Na2O16S2. The van der Waals surface area contributed by atoms with Crippen LogP contribution in [-0.2, 0) is 20.2 Å². The van der Waals surface area contributed by atoms with Crippen molar-refractivity contribution in [3.63, 3.8) is 0 Å². The summed E-state index contributed by atoms with van der Waals surface area (Å²) in [4.78, 5) is 28.7. The van der Waals surface area contributed by atoms with E-state index >= 15 is 0 Å². The number of phenols is 4. The van der Waals surface area contributed by atoms with Crippen molar-refractivity contribution in [1.82, 2.24) is 0 Å². The van der Waals surface area contributed by atoms with Crippen LogP contribution in [0, 0.1) is 30.3 Å². The molecule has 0 amide bonds. The number of nitro groups is 3. The van der Waals surface area contributed by atoms with Crippen LogP contribution in [0.5, 0.6) is 23.0 Å². The minimum absolute atomic E-state index is 0. The smallest absolute Gasteiger partial charge is 0.744 e. The predicted octanol–water partition coefficient (Wildman–Crippen LogP) is 0.449. The second-order valence-electron chi connectivity index (χ2n) is 10.6. The maximum atomic E-state index is 11.9. The van der Waals surface area contributed by atoms with E-state index < -0.39 is 118 Å². The predicted molar refractivity (Wildman–Crippen MR) is 178 cm³/mol. The molecule has 0 aromatic heterocycles. The van der Waals surface area contributed by atoms with Crippen LogP contribution in [0.1, 0.15) is 0 Å². The topological polar surface area (TPSA) is 399 Å². The largest absolute Gasteiger partial charge is 1.00 e. The Kier molecular flexibility index (Phi) is 14.2. The van der Waals surface area contributed by atoms with Gasteiger partial charge in [0.1, 0.15) is 43.0 Å². The van der Waals surface area contributed by atoms with E-state index in [9.17, 15) is 76.7 Å². The molecule has 0 radical (unpaired) electrons. The van der Waals surface area contributed by atoms with Crippen LogP contribution in [0.15, 0.2) is 107 Å². The molecule has 0 saturated carbocycles. The minimum Gasteiger partial charge on any atom is -0.744 e. The third-order valence-electron chi connectivity index (χ3n) is 7.06. The van der Waals surface area contributed by atoms with Gasteiger partial charge in [-0.2, -0.15) is 5.11 Å². The van der Waals surface area contributed by atoms with Gasteiger partial charge in [0, 0.05) is 24.3 Å². The van der Waals surface area contributed by atoms with Gasteiger partial charge in [-0.3, -0.25) is 30.3 Å². The summed E-state index contributed by atoms with van der Waals surface area (Å²) in [6, 6.07) is 8.46. The molecule has 0 spiro atoms. The first kappa shape index (κ1) is 45.8. The number of nitro benzene ring substituents is 3. The molecule has 5 aromatic rings. The van der Waals surface area contributed by atoms with Gasteiger partial charge in [-0.05, 0) is 41.8 Å². The molecule has 0 unspecified atom stereocenters. The number of non-ortho nitro benzene ring substituents is 2. The summed E-state index contributed by atoms with van der Waals surface area (Å²) in [6.45, 7) is 0. The number of azo groups is 3. The number of nitrogens with zero attached hydrogens (tertiary/aromatic N) is 9. The van der Waals surface area contributed by atoms with Gasteiger partial charge in [0.15, 0.2) is 17.2 Å². The van der Waals surface area contributed by atoms with Gasteiger partial charge in [-0.1, -0.05) is 0 Å². The Bertz CT molecular complexity index is 2800. The second-order valence-corrected chi connectivity index (χ2v) is 13.3. The molecular weight excluding hydrogens is 828 g/mol. The van der Waals surface area contributed by atoms with Gasteiger partial charge >= 0.3 is 64.8 Å². The number of hydrogen-bond acceptors (Lipinski definition) is 22. The summed E-state index contributed by atoms with van der Waals surface area (Å²) < 4.78 is 70.6. The minimum atomic E-state index is -5.34. The van der Waals surface area contributed by atoms with Gasteiger partial charge in [0.05, 0.1) is 47.4 Å². The molecule has 25 nitrogen and oxygen atoms in total. The molecule has 5 rings (SSSR count). The van der Waals surface area contributed by atoms with Crippen molar-refractivity contribution in [2.24, 2.45) is 30.7 Å². The first-order valence-electron chi connectivity index (χ1n) is 14.1. The van der Waals surface area contributed by atoms with E-state index in [0.717, 1.165) is 30.3 Å². The first-order chi connectivity index (χ1) is 25.6. The molecule has 282 valence electrons. The number of phenolic OH excluding ortho intramolecular Hbond substituents is 4. The zero-order valence-electron chi connectivity index (χ0n) is 28.4. The monoisotopic (exact) mass is 843 g/mol. The zero-order valence-corrected chi connectivity index (χ0v) is 34.0. The third kappa shape index (κ3) is 10.2. The van der Waals surface area contributed by atoms with Gasteiger partial charge < -0.3 is 29.5 Å². The van der Waals surface area contributed by atoms with Crippen molar-refractivity contribution in [2.75, 3.05) is 0 Å². The van der Waals surface area contributed by atoms with Crippen molar-refractivity contribution in [1.29, 1.82) is 0 Å². The van der Waals surface area contributed by atoms with Crippen molar-refractivity contribution < 1.29 is 120 Å². The summed E-state index contributed by atoms with van der Waals surface area (Å²) >= 11 is 0. The van der Waals surface area contributed by atoms with Crippen molar-refractivity contribution >= 4 is 82.2 Å². The molecule has 29 heteroatoms. The molecule has 0 atom stereocenters. The Morgan fingerprint density at radius 1 is 0.509 bits per heavy atom. The molecule has 0 fully saturated rings. The molecule has 0 bridgehead atoms. The van der Waals surface area contributed by atoms with Gasteiger partial charge in [-0.25, -0.2) is 16.8 Å². The second kappa shape index (κ2) is 17.7. The molecule has 5 aromatic carbocycles. The fourth-order valence-electron chi connectivity index (χ4n) is 4.53. The maximum Gasteiger partial charge on any atom is 1.00 e. The summed E-state index contributed by atoms with van der Waals surface area (Å²) in [7, 11) is -10.6. The van der Waals surface area contributed by atoms with Crippen LogP contribution in [0.3, 0.4) is 0 Å². The third-order valence-corrected chi connectivity index (χ3v) is 8.68. The molecule has 4 N–H and O–H groups in total. The van der Waals surface area contributed by atoms with Crippen LogP contribution < -0.4 is 59.1 Å². The van der Waals surface area contributed by atoms with E-state index in [-0.39, 0.29) is 70.5 Å². The number of hydrogen-bond donors (Lipinski definition) is 4. The fourth-order valence-corrected chi connectivity index (χ4v) is 5.58. The van der Waals surface area contributed by atoms with E-state index in [2.05, 4.69) is 30.7 Å². The summed E-state index contributed by atoms with van der Waals surface area (Å²) in [5.41, 5.74) is -6.37. The SMILES string of the molecule is O=[N+]([O-])c1ccc(N=Nc2cc(N=Nc3cc([N+](=O)[O-])cc([N+](=O)[O-])c3O)c(O)c(N=Nc3cc(S(=O)(=O)[O-])cc4cc(S(=O)(=O)[O-])cc(O)c34)c2O)cc1.[Na+].[Na+]. The average Bonchev–Trinajstić information content (AvgIpc) is 3.10. The fraction of sp³-hybridized carbons (Fsp3) is 0. The van der Waals surface area contributed by atoms with E-state index in [1.165, 1.54) is 0 Å². The van der Waals surface area contributed by atoms with Crippen LogP contribution in [0.4, 0.5) is 51.2 Å². The van der Waals surface area contributed by atoms with Gasteiger partial charge in [-0.15, -0.1) is 25.6 Å². The van der Waals surface area contributed by atoms with E-state index in [1.807, 2.05) is 0 Å². The number of benzene rings is 5. The van der Waals surface area contributed by atoms with Crippen LogP contribution in [0.2, 0.25) is 0 Å². The Morgan fingerprint density at radius 2 is 0.982 bits per heavy atom. The van der Waals surface area contributed by atoms with Crippen LogP contribution in [-0.4, -0.2) is 61.1 Å². The number of aromatic hydroxyl groups is 4. The van der Waals surface area contributed by atoms with E-state index in [0.29, 0.717) is 36.4 Å². The Hall–Kier alpha value is -5.62. The number of rotatable bonds is 11. The van der Waals surface area contributed by atoms with Crippen LogP contribution >= 0.6 is 0 Å². The van der Waals surface area contributed by atoms with Crippen molar-refractivity contribution in [3.05, 3.63) is 97.1 Å². The van der Waals surface area contributed by atoms with Gasteiger partial charge in [0.2, 0.25) is 5.75 Å². The van der Waals surface area contributed by atoms with Crippen molar-refractivity contribution in [2.45, 2.75) is 9.79 Å². The normalized spacial score (nSPS) is 11.8. The first-order valence-corrected chi connectivity index (χ1v) is 16.9. The van der Waals surface area contributed by atoms with E-state index in [4.69, 9.17) is 0 Å². The average molecular weight is 844 g/mol. The molecule has 0 aliphatic carbocycles. The number of fused-ring (bicyclic) bond motifs is 1. The summed E-state index contributed by atoms with van der Waals surface area (Å²) in [6.07, 6.45) is 0. The molecule has 57 heavy (non-hydrogen) atoms. The maximum absolute atomic E-state index is 11.9. The Labute approximate surface area is 360 Å². The summed E-state index contributed by atoms with van der Waals surface area (Å²) in [5.74, 6) is -4.39. The Balaban J connectivity index is 0.00000435. The quantitative estimate of drug-likeness (QED) is 0.0461. The molecule has 0 aliphatic rings. The van der Waals surface area contributed by atoms with Crippen LogP contribution in [0.25, 0.3) is 10.8 Å². The molecule has 0 aliphatic heterocycles. The molecule has 0 heterocycles. The van der Waals surface area contributed by atoms with E-state index in [1.54, 1.807) is 0 Å². The van der Waals surface area contributed by atoms with Crippen molar-refractivity contribution in [3.8, 4) is 23.0 Å². The van der Waals surface area contributed by atoms with Gasteiger partial charge in [0.25, 0.3) is 11.4 Å². The Morgan fingerprint density at radius 3 is 1.47 bits per heavy atom. The molecule has 0 saturated heterocycles.